The number of oxazole rings is 1. The summed E-state index contributed by atoms with van der Waals surface area (Å²) in [4.78, 5) is 4.24. The normalized spacial score (nSPS) is 11.4. The number of ether oxygens (including phenoxy) is 3. The van der Waals surface area contributed by atoms with Crippen LogP contribution in [0.2, 0.25) is 5.02 Å². The molecule has 0 aliphatic rings. The van der Waals surface area contributed by atoms with Crippen LogP contribution in [0.1, 0.15) is 11.5 Å². The van der Waals surface area contributed by atoms with Gasteiger partial charge < -0.3 is 18.6 Å². The predicted octanol–water partition coefficient (Wildman–Crippen LogP) is 5.76. The van der Waals surface area contributed by atoms with Gasteiger partial charge in [-0.3, -0.25) is 0 Å². The van der Waals surface area contributed by atoms with Crippen LogP contribution >= 0.6 is 23.2 Å². The minimum atomic E-state index is 0.301. The summed E-state index contributed by atoms with van der Waals surface area (Å²) in [5, 5.41) is 0.989. The van der Waals surface area contributed by atoms with Crippen LogP contribution in [0.15, 0.2) is 47.0 Å². The van der Waals surface area contributed by atoms with Crippen LogP contribution in [0, 0.1) is 0 Å². The summed E-state index contributed by atoms with van der Waals surface area (Å²) in [6.45, 7) is 0. The van der Waals surface area contributed by atoms with Crippen LogP contribution in [0.25, 0.3) is 22.4 Å². The number of hydrogen-bond donors (Lipinski definition) is 0. The number of benzene rings is 2. The topological polar surface area (TPSA) is 53.7 Å². The molecule has 3 aromatic rings. The first-order chi connectivity index (χ1) is 13.0. The molecule has 7 heteroatoms. The molecular formula is C20H17Cl2NO4. The number of nitrogens with zero attached hydrogens (tertiary/aromatic N) is 1. The van der Waals surface area contributed by atoms with Crippen LogP contribution in [-0.4, -0.2) is 26.3 Å². The van der Waals surface area contributed by atoms with Gasteiger partial charge in [0.05, 0.1) is 27.5 Å². The third kappa shape index (κ3) is 4.21. The maximum atomic E-state index is 6.40. The molecule has 0 radical (unpaired) electrons. The van der Waals surface area contributed by atoms with Crippen molar-refractivity contribution in [2.45, 2.75) is 0 Å². The van der Waals surface area contributed by atoms with Crippen LogP contribution in [0.5, 0.6) is 17.2 Å². The first kappa shape index (κ1) is 19.1. The lowest BCUT2D eigenvalue weighted by Gasteiger charge is -2.12. The molecule has 0 fully saturated rings. The van der Waals surface area contributed by atoms with Gasteiger partial charge in [0.15, 0.2) is 17.3 Å². The fourth-order valence-corrected chi connectivity index (χ4v) is 2.86. The van der Waals surface area contributed by atoms with Crippen LogP contribution in [0.4, 0.5) is 0 Å². The Kier molecular flexibility index (Phi) is 5.94. The molecule has 0 saturated carbocycles. The van der Waals surface area contributed by atoms with E-state index in [0.29, 0.717) is 39.0 Å². The number of hydrogen-bond acceptors (Lipinski definition) is 5. The lowest BCUT2D eigenvalue weighted by molar-refractivity contribution is 0.324. The van der Waals surface area contributed by atoms with Crippen molar-refractivity contribution in [1.82, 2.24) is 4.98 Å². The Bertz CT molecular complexity index is 939. The molecule has 140 valence electrons. The zero-order chi connectivity index (χ0) is 19.4. The van der Waals surface area contributed by atoms with E-state index in [1.165, 1.54) is 0 Å². The van der Waals surface area contributed by atoms with Gasteiger partial charge in [-0.2, -0.15) is 0 Å². The number of halogens is 2. The standard InChI is InChI=1S/C20H17Cl2NO4/c1-24-16-9-12(10-17(25-2)19(16)26-3)8-15(22)20-23-11-18(27-20)13-4-6-14(21)7-5-13/h4-11H,1-3H3/b15-8-. The summed E-state index contributed by atoms with van der Waals surface area (Å²) < 4.78 is 21.8. The van der Waals surface area contributed by atoms with E-state index < -0.39 is 0 Å². The molecule has 0 bridgehead atoms. The summed E-state index contributed by atoms with van der Waals surface area (Å²) in [6.07, 6.45) is 3.33. The highest BCUT2D eigenvalue weighted by Crippen LogP contribution is 2.39. The van der Waals surface area contributed by atoms with Crippen LogP contribution in [0.3, 0.4) is 0 Å². The molecule has 5 nitrogen and oxygen atoms in total. The minimum absolute atomic E-state index is 0.301. The molecule has 1 aromatic heterocycles. The molecule has 2 aromatic carbocycles. The van der Waals surface area contributed by atoms with E-state index >= 15 is 0 Å². The lowest BCUT2D eigenvalue weighted by Crippen LogP contribution is -1.95. The Balaban J connectivity index is 1.93. The van der Waals surface area contributed by atoms with E-state index in [1.807, 2.05) is 12.1 Å². The second-order valence-electron chi connectivity index (χ2n) is 5.49. The molecule has 0 amide bonds. The molecule has 1 heterocycles. The van der Waals surface area contributed by atoms with Gasteiger partial charge >= 0.3 is 0 Å². The van der Waals surface area contributed by atoms with Gasteiger partial charge in [0.2, 0.25) is 11.6 Å². The number of rotatable bonds is 6. The smallest absolute Gasteiger partial charge is 0.238 e. The summed E-state index contributed by atoms with van der Waals surface area (Å²) >= 11 is 12.3. The Morgan fingerprint density at radius 2 is 1.63 bits per heavy atom. The van der Waals surface area contributed by atoms with Crippen molar-refractivity contribution in [2.75, 3.05) is 21.3 Å². The Labute approximate surface area is 167 Å². The summed E-state index contributed by atoms with van der Waals surface area (Å²) in [6, 6.07) is 10.8. The first-order valence-corrected chi connectivity index (χ1v) is 8.70. The van der Waals surface area contributed by atoms with E-state index in [0.717, 1.165) is 11.1 Å². The van der Waals surface area contributed by atoms with Crippen molar-refractivity contribution in [2.24, 2.45) is 0 Å². The van der Waals surface area contributed by atoms with Crippen molar-refractivity contribution >= 4 is 34.3 Å². The van der Waals surface area contributed by atoms with E-state index in [4.69, 9.17) is 41.8 Å². The van der Waals surface area contributed by atoms with E-state index in [9.17, 15) is 0 Å². The number of aromatic nitrogens is 1. The van der Waals surface area contributed by atoms with Crippen molar-refractivity contribution in [1.29, 1.82) is 0 Å². The molecular weight excluding hydrogens is 389 g/mol. The highest BCUT2D eigenvalue weighted by molar-refractivity contribution is 6.50. The fourth-order valence-electron chi connectivity index (χ4n) is 2.52. The Hall–Kier alpha value is -2.63. The molecule has 0 atom stereocenters. The summed E-state index contributed by atoms with van der Waals surface area (Å²) in [5.41, 5.74) is 1.61. The van der Waals surface area contributed by atoms with Gasteiger partial charge in [-0.1, -0.05) is 23.2 Å². The van der Waals surface area contributed by atoms with Gasteiger partial charge in [0.25, 0.3) is 0 Å². The SMILES string of the molecule is COc1cc(/C=C(\Cl)c2ncc(-c3ccc(Cl)cc3)o2)cc(OC)c1OC. The largest absolute Gasteiger partial charge is 0.493 e. The molecule has 0 aliphatic heterocycles. The average Bonchev–Trinajstić information content (AvgIpc) is 3.18. The van der Waals surface area contributed by atoms with Crippen molar-refractivity contribution in [3.05, 3.63) is 59.1 Å². The molecule has 27 heavy (non-hydrogen) atoms. The zero-order valence-corrected chi connectivity index (χ0v) is 16.5. The third-order valence-electron chi connectivity index (χ3n) is 3.82. The second kappa shape index (κ2) is 8.37. The first-order valence-electron chi connectivity index (χ1n) is 7.95. The van der Waals surface area contributed by atoms with Crippen LogP contribution in [-0.2, 0) is 0 Å². The number of methoxy groups -OCH3 is 3. The van der Waals surface area contributed by atoms with Crippen molar-refractivity contribution in [3.8, 4) is 28.6 Å². The summed E-state index contributed by atoms with van der Waals surface area (Å²) in [7, 11) is 4.66. The van der Waals surface area contributed by atoms with Gasteiger partial charge in [-0.25, -0.2) is 4.98 Å². The van der Waals surface area contributed by atoms with Crippen molar-refractivity contribution in [3.63, 3.8) is 0 Å². The summed E-state index contributed by atoms with van der Waals surface area (Å²) in [5.74, 6) is 2.46. The highest BCUT2D eigenvalue weighted by atomic mass is 35.5. The predicted molar refractivity (Wildman–Crippen MR) is 107 cm³/mol. The molecule has 0 spiro atoms. The van der Waals surface area contributed by atoms with E-state index in [2.05, 4.69) is 4.98 Å². The fraction of sp³-hybridized carbons (Fsp3) is 0.150. The molecule has 0 unspecified atom stereocenters. The molecule has 3 rings (SSSR count). The van der Waals surface area contributed by atoms with Crippen molar-refractivity contribution < 1.29 is 18.6 Å². The van der Waals surface area contributed by atoms with E-state index in [-0.39, 0.29) is 0 Å². The zero-order valence-electron chi connectivity index (χ0n) is 15.0. The van der Waals surface area contributed by atoms with Gasteiger partial charge in [0, 0.05) is 10.6 Å². The Morgan fingerprint density at radius 3 is 2.19 bits per heavy atom. The van der Waals surface area contributed by atoms with Gasteiger partial charge in [-0.05, 0) is 48.0 Å². The third-order valence-corrected chi connectivity index (χ3v) is 4.34. The highest BCUT2D eigenvalue weighted by Gasteiger charge is 2.14. The minimum Gasteiger partial charge on any atom is -0.493 e. The maximum Gasteiger partial charge on any atom is 0.238 e. The second-order valence-corrected chi connectivity index (χ2v) is 6.33. The van der Waals surface area contributed by atoms with Gasteiger partial charge in [-0.15, -0.1) is 0 Å². The monoisotopic (exact) mass is 405 g/mol. The van der Waals surface area contributed by atoms with E-state index in [1.54, 1.807) is 57.9 Å². The Morgan fingerprint density at radius 1 is 1.00 bits per heavy atom. The van der Waals surface area contributed by atoms with Gasteiger partial charge in [0.1, 0.15) is 5.03 Å². The molecule has 0 aliphatic carbocycles. The average molecular weight is 406 g/mol. The maximum absolute atomic E-state index is 6.40. The quantitative estimate of drug-likeness (QED) is 0.521. The van der Waals surface area contributed by atoms with Crippen LogP contribution < -0.4 is 14.2 Å². The lowest BCUT2D eigenvalue weighted by atomic mass is 10.1. The molecule has 0 saturated heterocycles. The molecule has 0 N–H and O–H groups in total.